The van der Waals surface area contributed by atoms with Gasteiger partial charge in [0.2, 0.25) is 0 Å². The number of hydrazone groups is 1. The minimum Gasteiger partial charge on any atom is -0.312 e. The lowest BCUT2D eigenvalue weighted by Gasteiger charge is -2.17. The van der Waals surface area contributed by atoms with Gasteiger partial charge in [0.1, 0.15) is 11.5 Å². The van der Waals surface area contributed by atoms with Crippen molar-refractivity contribution >= 4 is 18.3 Å². The summed E-state index contributed by atoms with van der Waals surface area (Å²) in [6.07, 6.45) is 5.09. The molecule has 2 aromatic rings. The molecular formula is C16H17FN4O2. The van der Waals surface area contributed by atoms with Crippen LogP contribution in [-0.2, 0) is 11.3 Å². The summed E-state index contributed by atoms with van der Waals surface area (Å²) in [7, 11) is 0. The number of imidazole rings is 1. The Labute approximate surface area is 133 Å². The van der Waals surface area contributed by atoms with E-state index in [0.29, 0.717) is 23.5 Å². The van der Waals surface area contributed by atoms with E-state index in [4.69, 9.17) is 4.84 Å². The second-order valence-electron chi connectivity index (χ2n) is 4.67. The Balaban J connectivity index is 2.42. The van der Waals surface area contributed by atoms with Crippen LogP contribution in [0.4, 0.5) is 4.39 Å². The third-order valence-electron chi connectivity index (χ3n) is 3.15. The number of rotatable bonds is 6. The first-order chi connectivity index (χ1) is 11.0. The first kappa shape index (κ1) is 16.4. The van der Waals surface area contributed by atoms with Crippen LogP contribution in [0.3, 0.4) is 0 Å². The maximum atomic E-state index is 13.3. The molecule has 120 valence electrons. The van der Waals surface area contributed by atoms with Crippen LogP contribution >= 0.6 is 0 Å². The number of carbonyl (C=O) groups is 1. The normalized spacial score (nSPS) is 11.3. The summed E-state index contributed by atoms with van der Waals surface area (Å²) in [4.78, 5) is 22.0. The Morgan fingerprint density at radius 1 is 1.61 bits per heavy atom. The van der Waals surface area contributed by atoms with Crippen LogP contribution in [0.5, 0.6) is 0 Å². The summed E-state index contributed by atoms with van der Waals surface area (Å²) in [5.74, 6) is -1.09. The van der Waals surface area contributed by atoms with Crippen molar-refractivity contribution in [1.29, 1.82) is 0 Å². The average Bonchev–Trinajstić information content (AvgIpc) is 2.90. The molecule has 0 bridgehead atoms. The molecule has 0 saturated carbocycles. The van der Waals surface area contributed by atoms with Crippen molar-refractivity contribution in [1.82, 2.24) is 14.6 Å². The van der Waals surface area contributed by atoms with Gasteiger partial charge < -0.3 is 4.84 Å². The van der Waals surface area contributed by atoms with Crippen molar-refractivity contribution in [3.05, 3.63) is 60.0 Å². The van der Waals surface area contributed by atoms with E-state index >= 15 is 0 Å². The molecule has 0 spiro atoms. The minimum absolute atomic E-state index is 0.225. The smallest absolute Gasteiger partial charge is 0.312 e. The number of carbonyl (C=O) groups excluding carboxylic acids is 1. The van der Waals surface area contributed by atoms with Crippen LogP contribution in [0.2, 0.25) is 0 Å². The molecule has 0 aliphatic carbocycles. The predicted octanol–water partition coefficient (Wildman–Crippen LogP) is 3.12. The van der Waals surface area contributed by atoms with Crippen LogP contribution in [0.25, 0.3) is 5.65 Å². The van der Waals surface area contributed by atoms with Crippen molar-refractivity contribution in [2.45, 2.75) is 20.3 Å². The number of fused-ring (bicyclic) bond motifs is 1. The highest BCUT2D eigenvalue weighted by Crippen LogP contribution is 2.17. The zero-order chi connectivity index (χ0) is 17.0. The van der Waals surface area contributed by atoms with Gasteiger partial charge in [-0.2, -0.15) is 5.10 Å². The van der Waals surface area contributed by atoms with Gasteiger partial charge in [0.25, 0.3) is 0 Å². The maximum Gasteiger partial charge on any atom is 0.384 e. The molecule has 2 heterocycles. The van der Waals surface area contributed by atoms with Crippen LogP contribution in [0.15, 0.2) is 47.9 Å². The van der Waals surface area contributed by atoms with Gasteiger partial charge in [-0.1, -0.05) is 24.8 Å². The second-order valence-corrected chi connectivity index (χ2v) is 4.67. The third-order valence-corrected chi connectivity index (χ3v) is 3.15. The van der Waals surface area contributed by atoms with Crippen LogP contribution in [0, 0.1) is 5.82 Å². The highest BCUT2D eigenvalue weighted by molar-refractivity contribution is 5.90. The molecule has 23 heavy (non-hydrogen) atoms. The van der Waals surface area contributed by atoms with Gasteiger partial charge in [-0.3, -0.25) is 4.40 Å². The molecule has 0 atom stereocenters. The predicted molar refractivity (Wildman–Crippen MR) is 85.3 cm³/mol. The number of aryl methyl sites for hydroxylation is 1. The summed E-state index contributed by atoms with van der Waals surface area (Å²) in [6, 6.07) is 2.50. The van der Waals surface area contributed by atoms with Crippen LogP contribution in [-0.4, -0.2) is 27.2 Å². The Kier molecular flexibility index (Phi) is 4.90. The number of aromatic nitrogens is 2. The van der Waals surface area contributed by atoms with Crippen molar-refractivity contribution in [2.24, 2.45) is 5.10 Å². The molecule has 0 fully saturated rings. The van der Waals surface area contributed by atoms with E-state index in [-0.39, 0.29) is 5.69 Å². The fourth-order valence-electron chi connectivity index (χ4n) is 2.10. The lowest BCUT2D eigenvalue weighted by molar-refractivity contribution is -0.0820. The molecule has 6 nitrogen and oxygen atoms in total. The first-order valence-corrected chi connectivity index (χ1v) is 6.96. The summed E-state index contributed by atoms with van der Waals surface area (Å²) >= 11 is 0. The molecule has 0 radical (unpaired) electrons. The van der Waals surface area contributed by atoms with Gasteiger partial charge >= 0.3 is 5.97 Å². The van der Waals surface area contributed by atoms with E-state index in [1.54, 1.807) is 13.0 Å². The van der Waals surface area contributed by atoms with Crippen LogP contribution in [0.1, 0.15) is 30.0 Å². The Hall–Kier alpha value is -2.96. The number of halogens is 1. The SMILES string of the molecule is C=C/C=C(\C)N(N=C)OC(=O)c1c(CC)nc2cc(F)ccn12. The van der Waals surface area contributed by atoms with E-state index in [9.17, 15) is 9.18 Å². The summed E-state index contributed by atoms with van der Waals surface area (Å²) in [5, 5.41) is 4.63. The third kappa shape index (κ3) is 3.28. The Bertz CT molecular complexity index is 795. The van der Waals surface area contributed by atoms with E-state index in [1.165, 1.54) is 28.8 Å². The van der Waals surface area contributed by atoms with Gasteiger partial charge in [-0.05, 0) is 25.5 Å². The maximum absolute atomic E-state index is 13.3. The standard InChI is InChI=1S/C16H17FN4O2/c1-5-7-11(3)21(18-4)23-16(22)15-13(6-2)19-14-10-12(17)8-9-20(14)15/h5,7-10H,1,4,6H2,2-3H3/b11-7+. The summed E-state index contributed by atoms with van der Waals surface area (Å²) < 4.78 is 14.8. The molecule has 2 aromatic heterocycles. The molecule has 0 N–H and O–H groups in total. The first-order valence-electron chi connectivity index (χ1n) is 6.96. The number of pyridine rings is 1. The highest BCUT2D eigenvalue weighted by atomic mass is 19.1. The Morgan fingerprint density at radius 3 is 2.96 bits per heavy atom. The molecular weight excluding hydrogens is 299 g/mol. The molecule has 0 unspecified atom stereocenters. The van der Waals surface area contributed by atoms with E-state index in [1.807, 2.05) is 6.92 Å². The number of hydrogen-bond acceptors (Lipinski definition) is 5. The fraction of sp³-hybridized carbons (Fsp3) is 0.188. The van der Waals surface area contributed by atoms with Gasteiger partial charge in [-0.25, -0.2) is 14.2 Å². The number of hydroxylamine groups is 1. The molecule has 0 aromatic carbocycles. The monoisotopic (exact) mass is 316 g/mol. The van der Waals surface area contributed by atoms with Gasteiger partial charge in [0.15, 0.2) is 5.69 Å². The van der Waals surface area contributed by atoms with Gasteiger partial charge in [0, 0.05) is 19.0 Å². The highest BCUT2D eigenvalue weighted by Gasteiger charge is 2.22. The number of allylic oxidation sites excluding steroid dienone is 3. The average molecular weight is 316 g/mol. The molecule has 0 aliphatic heterocycles. The lowest BCUT2D eigenvalue weighted by Crippen LogP contribution is -2.22. The lowest BCUT2D eigenvalue weighted by atomic mass is 10.2. The zero-order valence-electron chi connectivity index (χ0n) is 13.0. The minimum atomic E-state index is -0.662. The molecule has 0 saturated heterocycles. The van der Waals surface area contributed by atoms with E-state index in [0.717, 1.165) is 5.17 Å². The number of hydrogen-bond donors (Lipinski definition) is 0. The number of nitrogens with zero attached hydrogens (tertiary/aromatic N) is 4. The topological polar surface area (TPSA) is 59.2 Å². The van der Waals surface area contributed by atoms with Crippen molar-refractivity contribution in [3.8, 4) is 0 Å². The molecule has 0 aliphatic rings. The molecule has 0 amide bonds. The quantitative estimate of drug-likeness (QED) is 0.467. The summed E-state index contributed by atoms with van der Waals surface area (Å²) in [5.41, 5.74) is 1.60. The van der Waals surface area contributed by atoms with E-state index in [2.05, 4.69) is 23.4 Å². The largest absolute Gasteiger partial charge is 0.384 e. The Morgan fingerprint density at radius 2 is 2.35 bits per heavy atom. The molecule has 2 rings (SSSR count). The molecule has 7 heteroatoms. The summed E-state index contributed by atoms with van der Waals surface area (Å²) in [6.45, 7) is 10.5. The second kappa shape index (κ2) is 6.87. The van der Waals surface area contributed by atoms with Gasteiger partial charge in [-0.15, -0.1) is 0 Å². The fourth-order valence-corrected chi connectivity index (χ4v) is 2.10. The van der Waals surface area contributed by atoms with Gasteiger partial charge in [0.05, 0.1) is 11.4 Å². The van der Waals surface area contributed by atoms with Crippen molar-refractivity contribution in [3.63, 3.8) is 0 Å². The zero-order valence-corrected chi connectivity index (χ0v) is 13.0. The van der Waals surface area contributed by atoms with Crippen molar-refractivity contribution < 1.29 is 14.0 Å². The van der Waals surface area contributed by atoms with E-state index < -0.39 is 11.8 Å². The van der Waals surface area contributed by atoms with Crippen molar-refractivity contribution in [2.75, 3.05) is 0 Å². The van der Waals surface area contributed by atoms with Crippen LogP contribution < -0.4 is 0 Å².